The maximum atomic E-state index is 12.3. The van der Waals surface area contributed by atoms with E-state index in [-0.39, 0.29) is 5.91 Å². The van der Waals surface area contributed by atoms with Crippen molar-refractivity contribution < 1.29 is 4.79 Å². The van der Waals surface area contributed by atoms with Crippen molar-refractivity contribution in [1.29, 1.82) is 0 Å². The van der Waals surface area contributed by atoms with Crippen molar-refractivity contribution in [3.8, 4) is 0 Å². The zero-order valence-corrected chi connectivity index (χ0v) is 11.0. The number of nitrogens with zero attached hydrogens (tertiary/aromatic N) is 1. The summed E-state index contributed by atoms with van der Waals surface area (Å²) in [6, 6.07) is 7.64. The lowest BCUT2D eigenvalue weighted by Crippen LogP contribution is -2.53. The molecule has 0 bridgehead atoms. The molecule has 18 heavy (non-hydrogen) atoms. The van der Waals surface area contributed by atoms with Gasteiger partial charge in [0.1, 0.15) is 6.04 Å². The van der Waals surface area contributed by atoms with Gasteiger partial charge in [-0.1, -0.05) is 29.8 Å². The minimum atomic E-state index is -0.545. The van der Waals surface area contributed by atoms with Gasteiger partial charge < -0.3 is 16.0 Å². The van der Waals surface area contributed by atoms with Crippen molar-refractivity contribution in [2.75, 3.05) is 19.6 Å². The van der Waals surface area contributed by atoms with Crippen LogP contribution in [0.4, 0.5) is 0 Å². The fourth-order valence-electron chi connectivity index (χ4n) is 2.25. The Morgan fingerprint density at radius 3 is 2.72 bits per heavy atom. The minimum Gasteiger partial charge on any atom is -0.338 e. The number of amides is 1. The lowest BCUT2D eigenvalue weighted by molar-refractivity contribution is -0.133. The second kappa shape index (κ2) is 5.50. The fraction of sp³-hybridized carbons (Fsp3) is 0.500. The van der Waals surface area contributed by atoms with E-state index in [0.717, 1.165) is 25.2 Å². The van der Waals surface area contributed by atoms with Gasteiger partial charge in [0.2, 0.25) is 5.91 Å². The Bertz CT molecular complexity index is 416. The van der Waals surface area contributed by atoms with Gasteiger partial charge in [0, 0.05) is 25.7 Å². The summed E-state index contributed by atoms with van der Waals surface area (Å²) < 4.78 is 0. The Balaban J connectivity index is 2.06. The SMILES string of the molecule is Cc1ccc(C(N)C(=O)N2CCNC(C)C2)cc1. The number of carbonyl (C=O) groups excluding carboxylic acids is 1. The molecule has 0 spiro atoms. The molecule has 1 amide bonds. The molecule has 2 atom stereocenters. The van der Waals surface area contributed by atoms with E-state index in [1.54, 1.807) is 0 Å². The average molecular weight is 247 g/mol. The lowest BCUT2D eigenvalue weighted by Gasteiger charge is -2.33. The summed E-state index contributed by atoms with van der Waals surface area (Å²) in [5, 5.41) is 3.32. The summed E-state index contributed by atoms with van der Waals surface area (Å²) in [5.74, 6) is 0.0206. The smallest absolute Gasteiger partial charge is 0.244 e. The van der Waals surface area contributed by atoms with Crippen molar-refractivity contribution in [2.45, 2.75) is 25.9 Å². The van der Waals surface area contributed by atoms with Crippen LogP contribution in [0.25, 0.3) is 0 Å². The van der Waals surface area contributed by atoms with Gasteiger partial charge in [-0.15, -0.1) is 0 Å². The highest BCUT2D eigenvalue weighted by molar-refractivity contribution is 5.83. The van der Waals surface area contributed by atoms with Gasteiger partial charge in [0.15, 0.2) is 0 Å². The second-order valence-electron chi connectivity index (χ2n) is 5.03. The summed E-state index contributed by atoms with van der Waals surface area (Å²) >= 11 is 0. The van der Waals surface area contributed by atoms with E-state index in [4.69, 9.17) is 5.73 Å². The summed E-state index contributed by atoms with van der Waals surface area (Å²) in [5.41, 5.74) is 8.11. The van der Waals surface area contributed by atoms with Crippen LogP contribution in [0, 0.1) is 6.92 Å². The predicted octanol–water partition coefficient (Wildman–Crippen LogP) is 0.815. The number of nitrogens with two attached hydrogens (primary N) is 1. The molecule has 0 aromatic heterocycles. The molecule has 1 aromatic rings. The number of hydrogen-bond donors (Lipinski definition) is 2. The van der Waals surface area contributed by atoms with Crippen LogP contribution < -0.4 is 11.1 Å². The third kappa shape index (κ3) is 2.89. The molecule has 0 radical (unpaired) electrons. The van der Waals surface area contributed by atoms with Gasteiger partial charge in [0.05, 0.1) is 0 Å². The van der Waals surface area contributed by atoms with Crippen LogP contribution >= 0.6 is 0 Å². The first-order valence-electron chi connectivity index (χ1n) is 6.42. The number of piperazine rings is 1. The van der Waals surface area contributed by atoms with E-state index in [1.165, 1.54) is 5.56 Å². The Morgan fingerprint density at radius 2 is 2.11 bits per heavy atom. The molecule has 1 aliphatic heterocycles. The van der Waals surface area contributed by atoms with E-state index in [0.29, 0.717) is 6.04 Å². The molecular formula is C14H21N3O. The number of rotatable bonds is 2. The largest absolute Gasteiger partial charge is 0.338 e. The molecule has 0 saturated carbocycles. The highest BCUT2D eigenvalue weighted by Gasteiger charge is 2.25. The highest BCUT2D eigenvalue weighted by atomic mass is 16.2. The van der Waals surface area contributed by atoms with Crippen molar-refractivity contribution in [1.82, 2.24) is 10.2 Å². The van der Waals surface area contributed by atoms with E-state index in [9.17, 15) is 4.79 Å². The maximum absolute atomic E-state index is 12.3. The fourth-order valence-corrected chi connectivity index (χ4v) is 2.25. The standard InChI is InChI=1S/C14H21N3O/c1-10-3-5-12(6-4-10)13(15)14(18)17-8-7-16-11(2)9-17/h3-6,11,13,16H,7-9,15H2,1-2H3. The first kappa shape index (κ1) is 13.1. The van der Waals surface area contributed by atoms with E-state index in [1.807, 2.05) is 36.1 Å². The van der Waals surface area contributed by atoms with Crippen molar-refractivity contribution >= 4 is 5.91 Å². The Labute approximate surface area is 108 Å². The molecule has 3 N–H and O–H groups in total. The van der Waals surface area contributed by atoms with Gasteiger partial charge in [-0.2, -0.15) is 0 Å². The van der Waals surface area contributed by atoms with Gasteiger partial charge in [-0.05, 0) is 19.4 Å². The highest BCUT2D eigenvalue weighted by Crippen LogP contribution is 2.15. The first-order valence-corrected chi connectivity index (χ1v) is 6.42. The molecule has 0 aliphatic carbocycles. The van der Waals surface area contributed by atoms with Crippen LogP contribution in [0.3, 0.4) is 0 Å². The molecule has 1 aromatic carbocycles. The molecule has 2 unspecified atom stereocenters. The number of nitrogens with one attached hydrogen (secondary N) is 1. The van der Waals surface area contributed by atoms with Crippen molar-refractivity contribution in [3.63, 3.8) is 0 Å². The molecule has 4 heteroatoms. The van der Waals surface area contributed by atoms with E-state index in [2.05, 4.69) is 12.2 Å². The molecule has 1 heterocycles. The zero-order chi connectivity index (χ0) is 13.1. The van der Waals surface area contributed by atoms with Crippen LogP contribution in [0.5, 0.6) is 0 Å². The predicted molar refractivity (Wildman–Crippen MR) is 72.2 cm³/mol. The normalized spacial score (nSPS) is 21.7. The summed E-state index contributed by atoms with van der Waals surface area (Å²) in [4.78, 5) is 14.2. The molecular weight excluding hydrogens is 226 g/mol. The van der Waals surface area contributed by atoms with Gasteiger partial charge >= 0.3 is 0 Å². The molecule has 98 valence electrons. The average Bonchev–Trinajstić information content (AvgIpc) is 2.38. The summed E-state index contributed by atoms with van der Waals surface area (Å²) in [6.07, 6.45) is 0. The third-order valence-corrected chi connectivity index (χ3v) is 3.38. The van der Waals surface area contributed by atoms with E-state index >= 15 is 0 Å². The van der Waals surface area contributed by atoms with Crippen LogP contribution in [-0.4, -0.2) is 36.5 Å². The molecule has 1 saturated heterocycles. The molecule has 2 rings (SSSR count). The first-order chi connectivity index (χ1) is 8.58. The van der Waals surface area contributed by atoms with Crippen molar-refractivity contribution in [3.05, 3.63) is 35.4 Å². The molecule has 4 nitrogen and oxygen atoms in total. The lowest BCUT2D eigenvalue weighted by atomic mass is 10.0. The number of carbonyl (C=O) groups is 1. The van der Waals surface area contributed by atoms with Crippen LogP contribution in [-0.2, 0) is 4.79 Å². The number of benzene rings is 1. The number of hydrogen-bond acceptors (Lipinski definition) is 3. The monoisotopic (exact) mass is 247 g/mol. The van der Waals surface area contributed by atoms with Crippen LogP contribution in [0.2, 0.25) is 0 Å². The minimum absolute atomic E-state index is 0.0206. The van der Waals surface area contributed by atoms with Crippen LogP contribution in [0.15, 0.2) is 24.3 Å². The van der Waals surface area contributed by atoms with Crippen molar-refractivity contribution in [2.24, 2.45) is 5.73 Å². The quantitative estimate of drug-likeness (QED) is 0.813. The topological polar surface area (TPSA) is 58.4 Å². The van der Waals surface area contributed by atoms with Gasteiger partial charge in [-0.3, -0.25) is 4.79 Å². The Kier molecular flexibility index (Phi) is 3.99. The molecule has 1 fully saturated rings. The zero-order valence-electron chi connectivity index (χ0n) is 11.0. The second-order valence-corrected chi connectivity index (χ2v) is 5.03. The number of aryl methyl sites for hydroxylation is 1. The summed E-state index contributed by atoms with van der Waals surface area (Å²) in [7, 11) is 0. The maximum Gasteiger partial charge on any atom is 0.244 e. The third-order valence-electron chi connectivity index (χ3n) is 3.38. The van der Waals surface area contributed by atoms with Gasteiger partial charge in [0.25, 0.3) is 0 Å². The Morgan fingerprint density at radius 1 is 1.44 bits per heavy atom. The van der Waals surface area contributed by atoms with E-state index < -0.39 is 6.04 Å². The Hall–Kier alpha value is -1.39. The summed E-state index contributed by atoms with van der Waals surface area (Å²) in [6.45, 7) is 6.42. The molecule has 1 aliphatic rings. The van der Waals surface area contributed by atoms with Crippen LogP contribution in [0.1, 0.15) is 24.1 Å². The van der Waals surface area contributed by atoms with Gasteiger partial charge in [-0.25, -0.2) is 0 Å².